The zero-order chi connectivity index (χ0) is 21.0. The second-order valence-corrected chi connectivity index (χ2v) is 9.40. The maximum absolute atomic E-state index is 12.5. The number of carbonyl (C=O) groups is 1. The number of para-hydroxylation sites is 1. The molecule has 0 spiro atoms. The Hall–Kier alpha value is -2.23. The van der Waals surface area contributed by atoms with Crippen LogP contribution in [-0.2, 0) is 14.8 Å². The van der Waals surface area contributed by atoms with Gasteiger partial charge in [-0.1, -0.05) is 18.2 Å². The number of sulfonamides is 1. The number of piperidine rings is 1. The normalized spacial score (nSPS) is 18.0. The smallest absolute Gasteiger partial charge is 0.225 e. The van der Waals surface area contributed by atoms with Crippen molar-refractivity contribution in [3.63, 3.8) is 0 Å². The molecule has 0 radical (unpaired) electrons. The van der Waals surface area contributed by atoms with Gasteiger partial charge < -0.3 is 10.2 Å². The molecule has 1 amide bonds. The monoisotopic (exact) mass is 419 g/mol. The molecule has 2 N–H and O–H groups in total. The van der Waals surface area contributed by atoms with Gasteiger partial charge in [0.15, 0.2) is 0 Å². The van der Waals surface area contributed by atoms with Crippen LogP contribution in [0.2, 0.25) is 0 Å². The van der Waals surface area contributed by atoms with E-state index in [0.29, 0.717) is 19.5 Å². The molecule has 9 heteroatoms. The highest BCUT2D eigenvalue weighted by Gasteiger charge is 2.23. The van der Waals surface area contributed by atoms with Gasteiger partial charge in [-0.15, -0.1) is 0 Å². The molecular formula is C20H29N5O3S. The molecule has 1 aromatic carbocycles. The van der Waals surface area contributed by atoms with Gasteiger partial charge in [0.25, 0.3) is 0 Å². The Morgan fingerprint density at radius 3 is 2.66 bits per heavy atom. The number of aryl methyl sites for hydroxylation is 1. The molecular weight excluding hydrogens is 390 g/mol. The number of amides is 1. The molecule has 8 nitrogen and oxygen atoms in total. The molecule has 1 saturated heterocycles. The number of likely N-dealkylation sites (tertiary alicyclic amines) is 1. The molecule has 2 aromatic rings. The Bertz CT molecular complexity index is 956. The van der Waals surface area contributed by atoms with Crippen molar-refractivity contribution in [2.45, 2.75) is 39.2 Å². The molecule has 29 heavy (non-hydrogen) atoms. The maximum atomic E-state index is 12.5. The maximum Gasteiger partial charge on any atom is 0.225 e. The molecule has 1 atom stereocenters. The summed E-state index contributed by atoms with van der Waals surface area (Å²) in [6, 6.07) is 9.72. The minimum absolute atomic E-state index is 0.0676. The van der Waals surface area contributed by atoms with Crippen LogP contribution in [0.4, 0.5) is 5.69 Å². The molecule has 1 aliphatic rings. The van der Waals surface area contributed by atoms with E-state index in [4.69, 9.17) is 0 Å². The van der Waals surface area contributed by atoms with Crippen molar-refractivity contribution in [1.29, 1.82) is 0 Å². The molecule has 0 bridgehead atoms. The summed E-state index contributed by atoms with van der Waals surface area (Å²) in [5.74, 6) is -0.0676. The zero-order valence-electron chi connectivity index (χ0n) is 17.2. The van der Waals surface area contributed by atoms with Crippen molar-refractivity contribution in [3.05, 3.63) is 41.7 Å². The highest BCUT2D eigenvalue weighted by atomic mass is 32.2. The van der Waals surface area contributed by atoms with Gasteiger partial charge in [-0.05, 0) is 45.4 Å². The van der Waals surface area contributed by atoms with Crippen LogP contribution in [0.25, 0.3) is 5.69 Å². The topological polar surface area (TPSA) is 96.3 Å². The summed E-state index contributed by atoms with van der Waals surface area (Å²) in [6.07, 6.45) is 3.27. The number of carbonyl (C=O) groups excluding carboxylic acids is 1. The third-order valence-electron chi connectivity index (χ3n) is 5.10. The van der Waals surface area contributed by atoms with Crippen molar-refractivity contribution in [3.8, 4) is 5.69 Å². The fourth-order valence-electron chi connectivity index (χ4n) is 3.76. The molecule has 3 rings (SSSR count). The minimum atomic E-state index is -3.21. The van der Waals surface area contributed by atoms with Crippen LogP contribution in [-0.4, -0.2) is 60.9 Å². The van der Waals surface area contributed by atoms with Crippen LogP contribution >= 0.6 is 0 Å². The van der Waals surface area contributed by atoms with Crippen LogP contribution in [0.3, 0.4) is 0 Å². The van der Waals surface area contributed by atoms with Crippen molar-refractivity contribution >= 4 is 21.6 Å². The van der Waals surface area contributed by atoms with E-state index in [-0.39, 0.29) is 11.9 Å². The predicted octanol–water partition coefficient (Wildman–Crippen LogP) is 1.83. The fraction of sp³-hybridized carbons (Fsp3) is 0.500. The summed E-state index contributed by atoms with van der Waals surface area (Å²) in [6.45, 7) is 5.92. The second-order valence-electron chi connectivity index (χ2n) is 7.62. The molecule has 0 saturated carbocycles. The standard InChI is InChI=1S/C20H29N5O3S/c1-15-20(16(2)25(22-15)18-9-5-4-6-10-18)21-19(26)11-13-24-12-7-8-17(14-24)23-29(3,27)28/h4-6,9-10,17,23H,7-8,11-14H2,1-3H3,(H,21,26). The summed E-state index contributed by atoms with van der Waals surface area (Å²) in [5.41, 5.74) is 3.35. The largest absolute Gasteiger partial charge is 0.323 e. The quantitative estimate of drug-likeness (QED) is 0.714. The van der Waals surface area contributed by atoms with Crippen LogP contribution < -0.4 is 10.0 Å². The van der Waals surface area contributed by atoms with Crippen molar-refractivity contribution in [1.82, 2.24) is 19.4 Å². The third-order valence-corrected chi connectivity index (χ3v) is 5.86. The number of hydrogen-bond donors (Lipinski definition) is 2. The van der Waals surface area contributed by atoms with Crippen LogP contribution in [0, 0.1) is 13.8 Å². The summed E-state index contributed by atoms with van der Waals surface area (Å²) in [4.78, 5) is 14.7. The SMILES string of the molecule is Cc1nn(-c2ccccc2)c(C)c1NC(=O)CCN1CCCC(NS(C)(=O)=O)C1. The van der Waals surface area contributed by atoms with Gasteiger partial charge in [0.2, 0.25) is 15.9 Å². The van der Waals surface area contributed by atoms with E-state index >= 15 is 0 Å². The van der Waals surface area contributed by atoms with E-state index in [9.17, 15) is 13.2 Å². The second kappa shape index (κ2) is 9.06. The van der Waals surface area contributed by atoms with Gasteiger partial charge >= 0.3 is 0 Å². The Morgan fingerprint density at radius 2 is 1.97 bits per heavy atom. The highest BCUT2D eigenvalue weighted by molar-refractivity contribution is 7.88. The summed E-state index contributed by atoms with van der Waals surface area (Å²) in [5, 5.41) is 7.55. The Kier molecular flexibility index (Phi) is 6.71. The number of hydrogen-bond acceptors (Lipinski definition) is 5. The lowest BCUT2D eigenvalue weighted by Crippen LogP contribution is -2.47. The average Bonchev–Trinajstić information content (AvgIpc) is 2.94. The van der Waals surface area contributed by atoms with Gasteiger partial charge in [-0.3, -0.25) is 4.79 Å². The van der Waals surface area contributed by atoms with Gasteiger partial charge in [-0.25, -0.2) is 17.8 Å². The number of benzene rings is 1. The molecule has 1 aliphatic heterocycles. The Morgan fingerprint density at radius 1 is 1.24 bits per heavy atom. The van der Waals surface area contributed by atoms with E-state index in [0.717, 1.165) is 42.1 Å². The van der Waals surface area contributed by atoms with E-state index in [1.165, 1.54) is 6.26 Å². The van der Waals surface area contributed by atoms with Gasteiger partial charge in [0.05, 0.1) is 29.0 Å². The molecule has 1 fully saturated rings. The Balaban J connectivity index is 1.57. The van der Waals surface area contributed by atoms with Crippen LogP contribution in [0.1, 0.15) is 30.7 Å². The van der Waals surface area contributed by atoms with Crippen molar-refractivity contribution in [2.75, 3.05) is 31.2 Å². The number of rotatable bonds is 7. The number of nitrogens with one attached hydrogen (secondary N) is 2. The molecule has 1 aromatic heterocycles. The molecule has 0 aliphatic carbocycles. The van der Waals surface area contributed by atoms with E-state index < -0.39 is 10.0 Å². The van der Waals surface area contributed by atoms with Crippen LogP contribution in [0.5, 0.6) is 0 Å². The molecule has 158 valence electrons. The first-order chi connectivity index (χ1) is 13.7. The average molecular weight is 420 g/mol. The molecule has 1 unspecified atom stereocenters. The van der Waals surface area contributed by atoms with Gasteiger partial charge in [0.1, 0.15) is 0 Å². The first kappa shape index (κ1) is 21.5. The van der Waals surface area contributed by atoms with E-state index in [2.05, 4.69) is 20.0 Å². The molecule has 2 heterocycles. The van der Waals surface area contributed by atoms with Crippen molar-refractivity contribution in [2.24, 2.45) is 0 Å². The number of nitrogens with zero attached hydrogens (tertiary/aromatic N) is 3. The number of aromatic nitrogens is 2. The lowest BCUT2D eigenvalue weighted by Gasteiger charge is -2.32. The highest BCUT2D eigenvalue weighted by Crippen LogP contribution is 2.23. The van der Waals surface area contributed by atoms with Crippen molar-refractivity contribution < 1.29 is 13.2 Å². The van der Waals surface area contributed by atoms with Gasteiger partial charge in [-0.2, -0.15) is 5.10 Å². The van der Waals surface area contributed by atoms with E-state index in [1.807, 2.05) is 48.9 Å². The lowest BCUT2D eigenvalue weighted by molar-refractivity contribution is -0.116. The van der Waals surface area contributed by atoms with E-state index in [1.54, 1.807) is 0 Å². The Labute approximate surface area is 172 Å². The lowest BCUT2D eigenvalue weighted by atomic mass is 10.1. The third kappa shape index (κ3) is 5.88. The predicted molar refractivity (Wildman–Crippen MR) is 114 cm³/mol. The zero-order valence-corrected chi connectivity index (χ0v) is 18.0. The summed E-state index contributed by atoms with van der Waals surface area (Å²) in [7, 11) is -3.21. The van der Waals surface area contributed by atoms with Crippen LogP contribution in [0.15, 0.2) is 30.3 Å². The number of anilines is 1. The van der Waals surface area contributed by atoms with Gasteiger partial charge in [0, 0.05) is 25.6 Å². The summed E-state index contributed by atoms with van der Waals surface area (Å²) >= 11 is 0. The summed E-state index contributed by atoms with van der Waals surface area (Å²) < 4.78 is 27.4. The fourth-order valence-corrected chi connectivity index (χ4v) is 4.56. The first-order valence-electron chi connectivity index (χ1n) is 9.84. The minimum Gasteiger partial charge on any atom is -0.323 e. The first-order valence-corrected chi connectivity index (χ1v) is 11.7.